The van der Waals surface area contributed by atoms with E-state index in [9.17, 15) is 19.2 Å². The molecular weight excluding hydrogens is 424 g/mol. The van der Waals surface area contributed by atoms with Gasteiger partial charge in [0.15, 0.2) is 11.5 Å². The number of rotatable bonds is 8. The third kappa shape index (κ3) is 6.12. The molecule has 1 fully saturated rings. The Morgan fingerprint density at radius 3 is 2.81 bits per heavy atom. The molecule has 0 aliphatic carbocycles. The molecule has 11 heteroatoms. The number of imide groups is 1. The Hall–Kier alpha value is -3.73. The number of carbonyl (C=O) groups excluding carboxylic acids is 4. The predicted octanol–water partition coefficient (Wildman–Crippen LogP) is 1.89. The minimum Gasteiger partial charge on any atom is -0.490 e. The summed E-state index contributed by atoms with van der Waals surface area (Å²) in [4.78, 5) is 50.8. The smallest absolute Gasteiger partial charge is 0.312 e. The van der Waals surface area contributed by atoms with Crippen LogP contribution in [0, 0.1) is 0 Å². The Balaban J connectivity index is 1.63. The zero-order valence-corrected chi connectivity index (χ0v) is 17.2. The average Bonchev–Trinajstić information content (AvgIpc) is 3.07. The highest BCUT2D eigenvalue weighted by Crippen LogP contribution is 2.29. The number of benzene rings is 1. The first-order valence-corrected chi connectivity index (χ1v) is 10.1. The Labute approximate surface area is 181 Å². The molecule has 0 saturated carbocycles. The third-order valence-electron chi connectivity index (χ3n) is 3.91. The minimum atomic E-state index is -0.814. The van der Waals surface area contributed by atoms with Crippen molar-refractivity contribution in [3.8, 4) is 11.5 Å². The topological polar surface area (TPSA) is 136 Å². The molecule has 2 aromatic rings. The van der Waals surface area contributed by atoms with Crippen molar-refractivity contribution >= 4 is 41.0 Å². The van der Waals surface area contributed by atoms with E-state index in [0.29, 0.717) is 17.7 Å². The fraction of sp³-hybridized carbons (Fsp3) is 0.200. The summed E-state index contributed by atoms with van der Waals surface area (Å²) in [6, 6.07) is 7.97. The van der Waals surface area contributed by atoms with Crippen LogP contribution in [0.4, 0.5) is 4.79 Å². The van der Waals surface area contributed by atoms with E-state index >= 15 is 0 Å². The molecular formula is C20H18N4O6S. The number of nitrogens with zero attached hydrogens (tertiary/aromatic N) is 2. The molecule has 1 aromatic carbocycles. The number of amides is 3. The van der Waals surface area contributed by atoms with Crippen molar-refractivity contribution in [2.24, 2.45) is 5.10 Å². The Bertz CT molecular complexity index is 1030. The van der Waals surface area contributed by atoms with E-state index in [1.54, 1.807) is 37.4 Å². The molecule has 1 aromatic heterocycles. The van der Waals surface area contributed by atoms with Gasteiger partial charge in [0.05, 0.1) is 24.8 Å². The monoisotopic (exact) mass is 442 g/mol. The Kier molecular flexibility index (Phi) is 7.33. The molecule has 3 rings (SSSR count). The number of esters is 1. The fourth-order valence-electron chi connectivity index (χ4n) is 2.53. The van der Waals surface area contributed by atoms with Gasteiger partial charge in [-0.05, 0) is 42.8 Å². The summed E-state index contributed by atoms with van der Waals surface area (Å²) in [5.41, 5.74) is 3.35. The Morgan fingerprint density at radius 2 is 2.13 bits per heavy atom. The number of nitrogens with one attached hydrogen (secondary N) is 2. The highest BCUT2D eigenvalue weighted by Gasteiger charge is 2.34. The summed E-state index contributed by atoms with van der Waals surface area (Å²) in [5.74, 6) is -1.14. The number of aromatic nitrogens is 1. The summed E-state index contributed by atoms with van der Waals surface area (Å²) in [7, 11) is 0. The second-order valence-corrected chi connectivity index (χ2v) is 7.32. The lowest BCUT2D eigenvalue weighted by atomic mass is 10.2. The summed E-state index contributed by atoms with van der Waals surface area (Å²) in [5, 5.41) is 4.71. The molecule has 0 bridgehead atoms. The van der Waals surface area contributed by atoms with Crippen molar-refractivity contribution in [2.45, 2.75) is 18.6 Å². The molecule has 1 unspecified atom stereocenters. The van der Waals surface area contributed by atoms with E-state index in [4.69, 9.17) is 9.47 Å². The maximum Gasteiger partial charge on any atom is 0.312 e. The molecule has 2 heterocycles. The van der Waals surface area contributed by atoms with Crippen LogP contribution in [-0.4, -0.2) is 46.1 Å². The van der Waals surface area contributed by atoms with Crippen LogP contribution in [0.15, 0.2) is 47.8 Å². The quantitative estimate of drug-likeness (QED) is 0.274. The number of thioether (sulfide) groups is 1. The van der Waals surface area contributed by atoms with E-state index in [1.165, 1.54) is 18.5 Å². The molecule has 10 nitrogen and oxygen atoms in total. The fourth-order valence-corrected chi connectivity index (χ4v) is 3.33. The highest BCUT2D eigenvalue weighted by molar-refractivity contribution is 8.15. The van der Waals surface area contributed by atoms with Gasteiger partial charge in [-0.25, -0.2) is 5.43 Å². The molecule has 31 heavy (non-hydrogen) atoms. The standard InChI is InChI=1S/C20H18N4O6S/c1-2-29-15-8-12(10-22-24-18(26)13-4-3-7-21-11-13)5-6-14(15)30-17(25)9-16-19(27)23-20(28)31-16/h3-8,10-11,16H,2,9H2,1H3,(H,24,26)(H,23,27,28)/b22-10+. The van der Waals surface area contributed by atoms with Gasteiger partial charge in [-0.3, -0.25) is 29.5 Å². The van der Waals surface area contributed by atoms with Crippen molar-refractivity contribution in [1.82, 2.24) is 15.7 Å². The van der Waals surface area contributed by atoms with Crippen LogP contribution in [0.2, 0.25) is 0 Å². The maximum atomic E-state index is 12.2. The number of carbonyl (C=O) groups is 4. The van der Waals surface area contributed by atoms with Crippen LogP contribution in [0.3, 0.4) is 0 Å². The van der Waals surface area contributed by atoms with Crippen molar-refractivity contribution in [1.29, 1.82) is 0 Å². The lowest BCUT2D eigenvalue weighted by Crippen LogP contribution is -2.27. The van der Waals surface area contributed by atoms with Gasteiger partial charge in [0.1, 0.15) is 5.25 Å². The molecule has 1 atom stereocenters. The lowest BCUT2D eigenvalue weighted by molar-refractivity contribution is -0.136. The maximum absolute atomic E-state index is 12.2. The van der Waals surface area contributed by atoms with Gasteiger partial charge in [0.2, 0.25) is 5.91 Å². The molecule has 0 spiro atoms. The van der Waals surface area contributed by atoms with Crippen molar-refractivity contribution in [2.75, 3.05) is 6.61 Å². The van der Waals surface area contributed by atoms with E-state index in [1.807, 2.05) is 0 Å². The van der Waals surface area contributed by atoms with Gasteiger partial charge < -0.3 is 9.47 Å². The van der Waals surface area contributed by atoms with Gasteiger partial charge in [0, 0.05) is 12.4 Å². The zero-order chi connectivity index (χ0) is 22.2. The minimum absolute atomic E-state index is 0.165. The molecule has 2 N–H and O–H groups in total. The number of ether oxygens (including phenoxy) is 2. The van der Waals surface area contributed by atoms with Crippen LogP contribution in [0.5, 0.6) is 11.5 Å². The highest BCUT2D eigenvalue weighted by atomic mass is 32.2. The second kappa shape index (κ2) is 10.3. The SMILES string of the molecule is CCOc1cc(/C=N/NC(=O)c2cccnc2)ccc1OC(=O)CC1SC(=O)NC1=O. The molecule has 3 amide bonds. The van der Waals surface area contributed by atoms with E-state index in [2.05, 4.69) is 20.8 Å². The van der Waals surface area contributed by atoms with E-state index < -0.39 is 28.3 Å². The number of pyridine rings is 1. The molecule has 1 aliphatic heterocycles. The summed E-state index contributed by atoms with van der Waals surface area (Å²) < 4.78 is 10.8. The first-order chi connectivity index (χ1) is 15.0. The van der Waals surface area contributed by atoms with Gasteiger partial charge in [-0.15, -0.1) is 0 Å². The zero-order valence-electron chi connectivity index (χ0n) is 16.4. The van der Waals surface area contributed by atoms with Crippen LogP contribution < -0.4 is 20.2 Å². The normalized spacial score (nSPS) is 15.6. The molecule has 160 valence electrons. The van der Waals surface area contributed by atoms with Crippen molar-refractivity contribution in [3.63, 3.8) is 0 Å². The van der Waals surface area contributed by atoms with Crippen LogP contribution in [0.1, 0.15) is 29.3 Å². The summed E-state index contributed by atoms with van der Waals surface area (Å²) in [6.07, 6.45) is 4.14. The largest absolute Gasteiger partial charge is 0.490 e. The summed E-state index contributed by atoms with van der Waals surface area (Å²) in [6.45, 7) is 2.09. The molecule has 0 radical (unpaired) electrons. The lowest BCUT2D eigenvalue weighted by Gasteiger charge is -2.12. The van der Waals surface area contributed by atoms with Crippen molar-refractivity contribution in [3.05, 3.63) is 53.9 Å². The Morgan fingerprint density at radius 1 is 1.29 bits per heavy atom. The van der Waals surface area contributed by atoms with Gasteiger partial charge in [-0.1, -0.05) is 11.8 Å². The van der Waals surface area contributed by atoms with Crippen LogP contribution in [0.25, 0.3) is 0 Å². The molecule has 1 aliphatic rings. The van der Waals surface area contributed by atoms with Gasteiger partial charge in [0.25, 0.3) is 11.1 Å². The number of hydrogen-bond acceptors (Lipinski definition) is 9. The second-order valence-electron chi connectivity index (χ2n) is 6.14. The van der Waals surface area contributed by atoms with Crippen LogP contribution >= 0.6 is 11.8 Å². The number of hydrazone groups is 1. The predicted molar refractivity (Wildman–Crippen MR) is 112 cm³/mol. The first kappa shape index (κ1) is 22.0. The van der Waals surface area contributed by atoms with E-state index in [-0.39, 0.29) is 17.9 Å². The third-order valence-corrected chi connectivity index (χ3v) is 4.90. The van der Waals surface area contributed by atoms with Gasteiger partial charge in [-0.2, -0.15) is 5.10 Å². The molecule has 1 saturated heterocycles. The van der Waals surface area contributed by atoms with E-state index in [0.717, 1.165) is 11.8 Å². The number of hydrogen-bond donors (Lipinski definition) is 2. The van der Waals surface area contributed by atoms with Gasteiger partial charge >= 0.3 is 5.97 Å². The summed E-state index contributed by atoms with van der Waals surface area (Å²) >= 11 is 0.752. The average molecular weight is 442 g/mol. The van der Waals surface area contributed by atoms with Crippen LogP contribution in [-0.2, 0) is 9.59 Å². The van der Waals surface area contributed by atoms with Crippen molar-refractivity contribution < 1.29 is 28.7 Å². The first-order valence-electron chi connectivity index (χ1n) is 9.18.